The van der Waals surface area contributed by atoms with Gasteiger partial charge in [-0.25, -0.2) is 5.43 Å². The number of benzene rings is 5. The van der Waals surface area contributed by atoms with Crippen LogP contribution in [0.3, 0.4) is 0 Å². The lowest BCUT2D eigenvalue weighted by Gasteiger charge is -2.07. The number of nitrogens with one attached hydrogen (secondary N) is 1. The Morgan fingerprint density at radius 3 is 1.45 bits per heavy atom. The van der Waals surface area contributed by atoms with E-state index >= 15 is 0 Å². The molecule has 5 aromatic carbocycles. The molecule has 238 valence electrons. The SMILES string of the molecule is O=C(N/N=C\c1ccc(OS(=O)(=O)c2ccc(Br)cc2)cc1)c1ccc(N=Cc2ccc(OS(=O)(=O)c3ccc(Br)cc3)cc2)cc1. The first-order valence-corrected chi connectivity index (χ1v) is 17.9. The van der Waals surface area contributed by atoms with Crippen molar-refractivity contribution in [2.24, 2.45) is 10.1 Å². The largest absolute Gasteiger partial charge is 0.379 e. The Hall–Kier alpha value is -4.63. The van der Waals surface area contributed by atoms with Crippen LogP contribution in [0, 0.1) is 0 Å². The van der Waals surface area contributed by atoms with Crippen LogP contribution in [-0.2, 0) is 20.2 Å². The van der Waals surface area contributed by atoms with Crippen molar-refractivity contribution in [2.75, 3.05) is 0 Å². The van der Waals surface area contributed by atoms with E-state index in [9.17, 15) is 21.6 Å². The summed E-state index contributed by atoms with van der Waals surface area (Å²) in [6, 6.07) is 31.3. The summed E-state index contributed by atoms with van der Waals surface area (Å²) in [6.07, 6.45) is 3.01. The monoisotopic (exact) mass is 795 g/mol. The summed E-state index contributed by atoms with van der Waals surface area (Å²) in [5, 5.41) is 3.96. The van der Waals surface area contributed by atoms with E-state index in [4.69, 9.17) is 8.37 Å². The van der Waals surface area contributed by atoms with Gasteiger partial charge in [0.05, 0.1) is 11.9 Å². The second-order valence-corrected chi connectivity index (χ2v) is 14.5. The standard InChI is InChI=1S/C33H23Br2N3O7S2/c34-26-7-17-31(18-8-26)46(40,41)44-29-13-1-23(2-14-29)21-36-28-11-5-25(6-12-28)33(39)38-37-22-24-3-15-30(16-4-24)45-47(42,43)32-19-9-27(35)10-20-32/h1-22H,(H,38,39)/b36-21?,37-22-. The molecule has 0 spiro atoms. The second kappa shape index (κ2) is 14.9. The molecule has 0 saturated heterocycles. The number of nitrogens with zero attached hydrogens (tertiary/aromatic N) is 2. The van der Waals surface area contributed by atoms with E-state index in [0.29, 0.717) is 22.4 Å². The van der Waals surface area contributed by atoms with Crippen molar-refractivity contribution in [3.8, 4) is 11.5 Å². The Morgan fingerprint density at radius 2 is 1.00 bits per heavy atom. The van der Waals surface area contributed by atoms with Gasteiger partial charge in [0.1, 0.15) is 21.3 Å². The van der Waals surface area contributed by atoms with Gasteiger partial charge in [-0.2, -0.15) is 21.9 Å². The van der Waals surface area contributed by atoms with Gasteiger partial charge in [-0.15, -0.1) is 0 Å². The van der Waals surface area contributed by atoms with Gasteiger partial charge in [-0.05, 0) is 132 Å². The van der Waals surface area contributed by atoms with E-state index in [2.05, 4.69) is 47.4 Å². The van der Waals surface area contributed by atoms with Crippen LogP contribution in [0.15, 0.2) is 150 Å². The van der Waals surface area contributed by atoms with Crippen LogP contribution in [0.25, 0.3) is 0 Å². The highest BCUT2D eigenvalue weighted by Crippen LogP contribution is 2.22. The molecule has 0 radical (unpaired) electrons. The number of rotatable bonds is 11. The third-order valence-corrected chi connectivity index (χ3v) is 9.83. The number of amides is 1. The summed E-state index contributed by atoms with van der Waals surface area (Å²) in [5.41, 5.74) is 4.70. The molecule has 0 aliphatic rings. The van der Waals surface area contributed by atoms with E-state index < -0.39 is 26.1 Å². The molecule has 0 unspecified atom stereocenters. The van der Waals surface area contributed by atoms with Crippen LogP contribution < -0.4 is 13.8 Å². The lowest BCUT2D eigenvalue weighted by Crippen LogP contribution is -2.17. The molecule has 1 amide bonds. The number of halogens is 2. The van der Waals surface area contributed by atoms with E-state index in [-0.39, 0.29) is 21.3 Å². The predicted molar refractivity (Wildman–Crippen MR) is 186 cm³/mol. The molecule has 0 bridgehead atoms. The minimum Gasteiger partial charge on any atom is -0.379 e. The first-order chi connectivity index (χ1) is 22.5. The van der Waals surface area contributed by atoms with Crippen molar-refractivity contribution in [3.63, 3.8) is 0 Å². The maximum Gasteiger partial charge on any atom is 0.339 e. The fourth-order valence-corrected chi connectivity index (χ4v) is 6.24. The Kier molecular flexibility index (Phi) is 10.7. The molecule has 0 fully saturated rings. The Bertz CT molecular complexity index is 2140. The molecule has 0 aromatic heterocycles. The molecule has 0 aliphatic carbocycles. The zero-order chi connectivity index (χ0) is 33.4. The molecular weight excluding hydrogens is 774 g/mol. The zero-order valence-electron chi connectivity index (χ0n) is 24.0. The van der Waals surface area contributed by atoms with Crippen molar-refractivity contribution in [1.82, 2.24) is 5.43 Å². The van der Waals surface area contributed by atoms with Crippen molar-refractivity contribution in [1.29, 1.82) is 0 Å². The summed E-state index contributed by atoms with van der Waals surface area (Å²) in [7, 11) is -7.95. The topological polar surface area (TPSA) is 141 Å². The van der Waals surface area contributed by atoms with Gasteiger partial charge in [-0.3, -0.25) is 9.79 Å². The summed E-state index contributed by atoms with van der Waals surface area (Å²) in [5.74, 6) is -0.144. The second-order valence-electron chi connectivity index (χ2n) is 9.63. The van der Waals surface area contributed by atoms with Crippen molar-refractivity contribution in [3.05, 3.63) is 147 Å². The molecule has 0 saturated carbocycles. The van der Waals surface area contributed by atoms with Gasteiger partial charge < -0.3 is 8.37 Å². The van der Waals surface area contributed by atoms with E-state index in [1.807, 2.05) is 0 Å². The summed E-state index contributed by atoms with van der Waals surface area (Å²) in [4.78, 5) is 17.0. The van der Waals surface area contributed by atoms with Crippen molar-refractivity contribution >= 4 is 76.1 Å². The molecule has 0 atom stereocenters. The van der Waals surface area contributed by atoms with Crippen LogP contribution in [-0.4, -0.2) is 35.2 Å². The van der Waals surface area contributed by atoms with Gasteiger partial charge in [0.25, 0.3) is 5.91 Å². The van der Waals surface area contributed by atoms with Gasteiger partial charge in [0, 0.05) is 20.7 Å². The fourth-order valence-electron chi connectivity index (χ4n) is 3.85. The van der Waals surface area contributed by atoms with Gasteiger partial charge in [0.15, 0.2) is 0 Å². The highest BCUT2D eigenvalue weighted by molar-refractivity contribution is 9.10. The van der Waals surface area contributed by atoms with Crippen molar-refractivity contribution < 1.29 is 30.0 Å². The number of hydrazone groups is 1. The molecule has 0 heterocycles. The maximum absolute atomic E-state index is 12.5. The molecule has 47 heavy (non-hydrogen) atoms. The molecule has 10 nitrogen and oxygen atoms in total. The number of hydrogen-bond acceptors (Lipinski definition) is 9. The molecular formula is C33H23Br2N3O7S2. The van der Waals surface area contributed by atoms with E-state index in [0.717, 1.165) is 8.95 Å². The van der Waals surface area contributed by atoms with Crippen LogP contribution in [0.5, 0.6) is 11.5 Å². The molecule has 14 heteroatoms. The predicted octanol–water partition coefficient (Wildman–Crippen LogP) is 7.26. The normalized spacial score (nSPS) is 11.9. The molecule has 5 rings (SSSR count). The first-order valence-electron chi connectivity index (χ1n) is 13.5. The molecule has 0 aliphatic heterocycles. The maximum atomic E-state index is 12.5. The average molecular weight is 798 g/mol. The van der Waals surface area contributed by atoms with Gasteiger partial charge in [-0.1, -0.05) is 31.9 Å². The van der Waals surface area contributed by atoms with Gasteiger partial charge >= 0.3 is 20.2 Å². The highest BCUT2D eigenvalue weighted by atomic mass is 79.9. The quantitative estimate of drug-likeness (QED) is 0.0843. The summed E-state index contributed by atoms with van der Waals surface area (Å²) < 4.78 is 61.8. The first kappa shape index (κ1) is 33.7. The zero-order valence-corrected chi connectivity index (χ0v) is 28.8. The van der Waals surface area contributed by atoms with Gasteiger partial charge in [0.2, 0.25) is 0 Å². The summed E-state index contributed by atoms with van der Waals surface area (Å²) >= 11 is 6.53. The Balaban J connectivity index is 1.11. The Morgan fingerprint density at radius 1 is 0.574 bits per heavy atom. The fraction of sp³-hybridized carbons (Fsp3) is 0. The average Bonchev–Trinajstić information content (AvgIpc) is 3.05. The minimum atomic E-state index is -3.98. The minimum absolute atomic E-state index is 0.0274. The third kappa shape index (κ3) is 9.45. The molecule has 5 aromatic rings. The van der Waals surface area contributed by atoms with E-state index in [1.54, 1.807) is 79.0 Å². The third-order valence-electron chi connectivity index (χ3n) is 6.25. The molecule has 1 N–H and O–H groups in total. The lowest BCUT2D eigenvalue weighted by atomic mass is 10.2. The lowest BCUT2D eigenvalue weighted by molar-refractivity contribution is 0.0955. The smallest absolute Gasteiger partial charge is 0.339 e. The number of carbonyl (C=O) groups excluding carboxylic acids is 1. The number of aliphatic imine (C=N–C) groups is 1. The van der Waals surface area contributed by atoms with Crippen LogP contribution in [0.2, 0.25) is 0 Å². The Labute approximate surface area is 288 Å². The highest BCUT2D eigenvalue weighted by Gasteiger charge is 2.17. The van der Waals surface area contributed by atoms with E-state index in [1.165, 1.54) is 54.7 Å². The summed E-state index contributed by atoms with van der Waals surface area (Å²) in [6.45, 7) is 0. The van der Waals surface area contributed by atoms with Crippen LogP contribution in [0.4, 0.5) is 5.69 Å². The van der Waals surface area contributed by atoms with Crippen LogP contribution >= 0.6 is 31.9 Å². The van der Waals surface area contributed by atoms with Crippen molar-refractivity contribution in [2.45, 2.75) is 9.79 Å². The number of carbonyl (C=O) groups is 1. The number of hydrogen-bond donors (Lipinski definition) is 1. The van der Waals surface area contributed by atoms with Crippen LogP contribution in [0.1, 0.15) is 21.5 Å².